The van der Waals surface area contributed by atoms with Crippen molar-refractivity contribution < 1.29 is 0 Å². The number of hydrogen-bond donors (Lipinski definition) is 0. The molecule has 0 bridgehead atoms. The normalized spacial score (nSPS) is 10.6. The lowest BCUT2D eigenvalue weighted by molar-refractivity contribution is 0.795. The van der Waals surface area contributed by atoms with Crippen molar-refractivity contribution in [1.29, 1.82) is 0 Å². The van der Waals surface area contributed by atoms with Crippen LogP contribution in [-0.2, 0) is 7.05 Å². The summed E-state index contributed by atoms with van der Waals surface area (Å²) in [5, 5.41) is 9.19. The van der Waals surface area contributed by atoms with Crippen LogP contribution in [0.5, 0.6) is 0 Å². The molecule has 0 N–H and O–H groups in total. The van der Waals surface area contributed by atoms with Gasteiger partial charge in [-0.05, 0) is 18.4 Å². The van der Waals surface area contributed by atoms with Crippen molar-refractivity contribution in [2.45, 2.75) is 5.16 Å². The number of hydrogen-bond acceptors (Lipinski definition) is 3. The maximum atomic E-state index is 4.17. The molecule has 0 atom stereocenters. The minimum absolute atomic E-state index is 0.889. The van der Waals surface area contributed by atoms with Crippen molar-refractivity contribution in [1.82, 2.24) is 14.8 Å². The number of thioether (sulfide) groups is 1. The topological polar surface area (TPSA) is 30.7 Å². The molecule has 2 aromatic rings. The highest BCUT2D eigenvalue weighted by atomic mass is 79.9. The molecule has 0 aliphatic carbocycles. The van der Waals surface area contributed by atoms with Crippen LogP contribution in [0.1, 0.15) is 0 Å². The Hall–Kier alpha value is -0.810. The molecular weight excluding hydrogens is 274 g/mol. The fourth-order valence-electron chi connectivity index (χ4n) is 1.37. The van der Waals surface area contributed by atoms with Crippen molar-refractivity contribution in [3.63, 3.8) is 0 Å². The summed E-state index contributed by atoms with van der Waals surface area (Å²) in [7, 11) is 1.97. The van der Waals surface area contributed by atoms with Crippen molar-refractivity contribution in [3.05, 3.63) is 28.7 Å². The highest BCUT2D eigenvalue weighted by Crippen LogP contribution is 2.23. The van der Waals surface area contributed by atoms with E-state index in [-0.39, 0.29) is 0 Å². The predicted octanol–water partition coefficient (Wildman–Crippen LogP) is 2.97. The Morgan fingerprint density at radius 2 is 2.13 bits per heavy atom. The van der Waals surface area contributed by atoms with Gasteiger partial charge in [-0.3, -0.25) is 0 Å². The third-order valence-electron chi connectivity index (χ3n) is 2.10. The Morgan fingerprint density at radius 3 is 2.73 bits per heavy atom. The van der Waals surface area contributed by atoms with Gasteiger partial charge in [-0.25, -0.2) is 0 Å². The van der Waals surface area contributed by atoms with Crippen molar-refractivity contribution in [2.75, 3.05) is 6.26 Å². The first-order valence-electron chi connectivity index (χ1n) is 4.41. The molecule has 1 aromatic carbocycles. The Bertz CT molecular complexity index is 481. The standard InChI is InChI=1S/C10H10BrN3S/c1-14-9(12-13-10(14)15-2)7-4-3-5-8(11)6-7/h3-6H,1-2H3. The third-order valence-corrected chi connectivity index (χ3v) is 3.31. The maximum absolute atomic E-state index is 4.17. The van der Waals surface area contributed by atoms with Gasteiger partial charge in [0, 0.05) is 17.1 Å². The number of aromatic nitrogens is 3. The molecule has 0 fully saturated rings. The van der Waals surface area contributed by atoms with Gasteiger partial charge in [0.25, 0.3) is 0 Å². The van der Waals surface area contributed by atoms with E-state index in [1.54, 1.807) is 11.8 Å². The molecule has 1 heterocycles. The second kappa shape index (κ2) is 4.37. The quantitative estimate of drug-likeness (QED) is 0.794. The number of halogens is 1. The van der Waals surface area contributed by atoms with Crippen molar-refractivity contribution in [3.8, 4) is 11.4 Å². The first-order valence-corrected chi connectivity index (χ1v) is 6.43. The fraction of sp³-hybridized carbons (Fsp3) is 0.200. The SMILES string of the molecule is CSc1nnc(-c2cccc(Br)c2)n1C. The van der Waals surface area contributed by atoms with E-state index < -0.39 is 0 Å². The average Bonchev–Trinajstić information content (AvgIpc) is 2.59. The first kappa shape index (κ1) is 10.7. The molecule has 0 radical (unpaired) electrons. The Morgan fingerprint density at radius 1 is 1.33 bits per heavy atom. The number of rotatable bonds is 2. The lowest BCUT2D eigenvalue weighted by atomic mass is 10.2. The van der Waals surface area contributed by atoms with E-state index in [0.29, 0.717) is 0 Å². The van der Waals surface area contributed by atoms with E-state index in [9.17, 15) is 0 Å². The Labute approximate surface area is 101 Å². The lowest BCUT2D eigenvalue weighted by Crippen LogP contribution is -1.93. The van der Waals surface area contributed by atoms with Gasteiger partial charge in [-0.2, -0.15) is 0 Å². The second-order valence-corrected chi connectivity index (χ2v) is 4.77. The molecule has 3 nitrogen and oxygen atoms in total. The zero-order chi connectivity index (χ0) is 10.8. The predicted molar refractivity (Wildman–Crippen MR) is 65.9 cm³/mol. The summed E-state index contributed by atoms with van der Waals surface area (Å²) >= 11 is 5.04. The molecule has 1 aromatic heterocycles. The largest absolute Gasteiger partial charge is 0.305 e. The van der Waals surface area contributed by atoms with Gasteiger partial charge in [-0.15, -0.1) is 10.2 Å². The lowest BCUT2D eigenvalue weighted by Gasteiger charge is -2.02. The summed E-state index contributed by atoms with van der Waals surface area (Å²) in [6.07, 6.45) is 1.99. The third kappa shape index (κ3) is 2.08. The van der Waals surface area contributed by atoms with Gasteiger partial charge in [0.1, 0.15) is 0 Å². The number of benzene rings is 1. The van der Waals surface area contributed by atoms with Crippen LogP contribution in [-0.4, -0.2) is 21.0 Å². The molecule has 2 rings (SSSR count). The Balaban J connectivity index is 2.49. The van der Waals surface area contributed by atoms with Crippen LogP contribution in [0.4, 0.5) is 0 Å². The van der Waals surface area contributed by atoms with Crippen LogP contribution in [0.15, 0.2) is 33.9 Å². The summed E-state index contributed by atoms with van der Waals surface area (Å²) in [5.74, 6) is 0.889. The molecule has 0 amide bonds. The van der Waals surface area contributed by atoms with Crippen molar-refractivity contribution >= 4 is 27.7 Å². The molecule has 5 heteroatoms. The van der Waals surface area contributed by atoms with E-state index in [0.717, 1.165) is 21.0 Å². The zero-order valence-corrected chi connectivity index (χ0v) is 10.8. The summed E-state index contributed by atoms with van der Waals surface area (Å²) in [4.78, 5) is 0. The van der Waals surface area contributed by atoms with Gasteiger partial charge >= 0.3 is 0 Å². The van der Waals surface area contributed by atoms with E-state index >= 15 is 0 Å². The number of nitrogens with zero attached hydrogens (tertiary/aromatic N) is 3. The van der Waals surface area contributed by atoms with Gasteiger partial charge < -0.3 is 4.57 Å². The van der Waals surface area contributed by atoms with Crippen LogP contribution in [0.25, 0.3) is 11.4 Å². The van der Waals surface area contributed by atoms with E-state index in [2.05, 4.69) is 26.1 Å². The van der Waals surface area contributed by atoms with E-state index in [4.69, 9.17) is 0 Å². The molecule has 0 saturated carbocycles. The molecule has 0 saturated heterocycles. The highest BCUT2D eigenvalue weighted by molar-refractivity contribution is 9.10. The van der Waals surface area contributed by atoms with Crippen LogP contribution in [0.3, 0.4) is 0 Å². The second-order valence-electron chi connectivity index (χ2n) is 3.08. The van der Waals surface area contributed by atoms with Crippen molar-refractivity contribution in [2.24, 2.45) is 7.05 Å². The van der Waals surface area contributed by atoms with Gasteiger partial charge in [0.2, 0.25) is 0 Å². The fourth-order valence-corrected chi connectivity index (χ4v) is 2.25. The molecule has 15 heavy (non-hydrogen) atoms. The van der Waals surface area contributed by atoms with Crippen LogP contribution in [0.2, 0.25) is 0 Å². The summed E-state index contributed by atoms with van der Waals surface area (Å²) in [5.41, 5.74) is 1.07. The molecule has 78 valence electrons. The molecule has 0 unspecified atom stereocenters. The minimum Gasteiger partial charge on any atom is -0.305 e. The monoisotopic (exact) mass is 283 g/mol. The first-order chi connectivity index (χ1) is 7.22. The van der Waals surface area contributed by atoms with Gasteiger partial charge in [-0.1, -0.05) is 39.8 Å². The molecular formula is C10H10BrN3S. The summed E-state index contributed by atoms with van der Waals surface area (Å²) < 4.78 is 3.04. The highest BCUT2D eigenvalue weighted by Gasteiger charge is 2.09. The van der Waals surface area contributed by atoms with Crippen LogP contribution >= 0.6 is 27.7 Å². The Kier molecular flexibility index (Phi) is 3.11. The van der Waals surface area contributed by atoms with Crippen LogP contribution < -0.4 is 0 Å². The minimum atomic E-state index is 0.889. The smallest absolute Gasteiger partial charge is 0.190 e. The average molecular weight is 284 g/mol. The van der Waals surface area contributed by atoms with Gasteiger partial charge in [0.05, 0.1) is 0 Å². The molecule has 0 spiro atoms. The van der Waals surface area contributed by atoms with E-state index in [1.807, 2.05) is 42.1 Å². The summed E-state index contributed by atoms with van der Waals surface area (Å²) in [6, 6.07) is 8.05. The molecule has 0 aliphatic rings. The zero-order valence-electron chi connectivity index (χ0n) is 8.44. The van der Waals surface area contributed by atoms with E-state index in [1.165, 1.54) is 0 Å². The van der Waals surface area contributed by atoms with Crippen LogP contribution in [0, 0.1) is 0 Å². The maximum Gasteiger partial charge on any atom is 0.190 e. The van der Waals surface area contributed by atoms with Gasteiger partial charge in [0.15, 0.2) is 11.0 Å². The molecule has 0 aliphatic heterocycles. The summed E-state index contributed by atoms with van der Waals surface area (Å²) in [6.45, 7) is 0.